The predicted octanol–water partition coefficient (Wildman–Crippen LogP) is 3.76. The lowest BCUT2D eigenvalue weighted by molar-refractivity contribution is -0.136. The van der Waals surface area contributed by atoms with Crippen LogP contribution in [0.2, 0.25) is 0 Å². The van der Waals surface area contributed by atoms with Gasteiger partial charge < -0.3 is 14.4 Å². The number of aryl methyl sites for hydroxylation is 1. The number of methoxy groups -OCH3 is 1. The average molecular weight is 385 g/mol. The molecule has 0 aliphatic carbocycles. The zero-order valence-corrected chi connectivity index (χ0v) is 16.5. The maximum absolute atomic E-state index is 11.6. The summed E-state index contributed by atoms with van der Waals surface area (Å²) in [5.41, 5.74) is 4.23. The van der Waals surface area contributed by atoms with E-state index in [1.807, 2.05) is 49.4 Å². The molecule has 0 radical (unpaired) electrons. The van der Waals surface area contributed by atoms with Crippen LogP contribution in [0.4, 0.5) is 0 Å². The van der Waals surface area contributed by atoms with Crippen LogP contribution < -0.4 is 4.74 Å². The van der Waals surface area contributed by atoms with Crippen molar-refractivity contribution in [2.45, 2.75) is 31.2 Å². The Bertz CT molecular complexity index is 1010. The zero-order chi connectivity index (χ0) is 19.6. The highest BCUT2D eigenvalue weighted by atomic mass is 32.2. The monoisotopic (exact) mass is 385 g/mol. The number of fused-ring (bicyclic) bond motifs is 1. The average Bonchev–Trinajstić information content (AvgIpc) is 2.91. The Balaban J connectivity index is 2.06. The summed E-state index contributed by atoms with van der Waals surface area (Å²) in [5, 5.41) is 10.2. The van der Waals surface area contributed by atoms with Gasteiger partial charge in [-0.1, -0.05) is 12.1 Å². The molecule has 1 atom stereocenters. The van der Waals surface area contributed by atoms with E-state index >= 15 is 0 Å². The van der Waals surface area contributed by atoms with Gasteiger partial charge in [0, 0.05) is 45.1 Å². The fourth-order valence-electron chi connectivity index (χ4n) is 3.38. The molecule has 27 heavy (non-hydrogen) atoms. The Hall–Kier alpha value is -2.60. The van der Waals surface area contributed by atoms with Crippen molar-refractivity contribution in [3.05, 3.63) is 59.3 Å². The van der Waals surface area contributed by atoms with Gasteiger partial charge in [0.05, 0.1) is 13.5 Å². The van der Waals surface area contributed by atoms with Gasteiger partial charge in [0.15, 0.2) is 0 Å². The third kappa shape index (κ3) is 4.06. The first-order valence-electron chi connectivity index (χ1n) is 8.70. The van der Waals surface area contributed by atoms with Gasteiger partial charge in [0.1, 0.15) is 5.75 Å². The van der Waals surface area contributed by atoms with Crippen molar-refractivity contribution >= 4 is 27.7 Å². The fourth-order valence-corrected chi connectivity index (χ4v) is 3.90. The van der Waals surface area contributed by atoms with Gasteiger partial charge in [0.2, 0.25) is 0 Å². The Morgan fingerprint density at radius 2 is 1.89 bits per heavy atom. The lowest BCUT2D eigenvalue weighted by atomic mass is 10.1. The molecule has 0 fully saturated rings. The van der Waals surface area contributed by atoms with Crippen molar-refractivity contribution in [3.8, 4) is 5.75 Å². The maximum Gasteiger partial charge on any atom is 0.303 e. The number of hydrogen-bond acceptors (Lipinski definition) is 3. The molecule has 142 valence electrons. The standard InChI is InChI=1S/C21H23NO4S/c1-14-18-12-16(26-2)6-9-20(18)22(19(14)10-11-21(23)24)13-15-4-7-17(8-5-15)27(3)25/h4-9,12H,10-11,13H2,1-3H3,(H,23,24). The molecule has 0 spiro atoms. The summed E-state index contributed by atoms with van der Waals surface area (Å²) < 4.78 is 19.1. The number of carbonyl (C=O) groups is 1. The van der Waals surface area contributed by atoms with Crippen molar-refractivity contribution in [2.75, 3.05) is 13.4 Å². The van der Waals surface area contributed by atoms with Crippen LogP contribution in [-0.2, 0) is 28.6 Å². The molecule has 0 aliphatic heterocycles. The van der Waals surface area contributed by atoms with Crippen molar-refractivity contribution < 1.29 is 18.8 Å². The SMILES string of the molecule is COc1ccc2c(c1)c(C)c(CCC(=O)O)n2Cc1ccc(S(C)=O)cc1. The molecule has 2 aromatic carbocycles. The van der Waals surface area contributed by atoms with Crippen LogP contribution in [-0.4, -0.2) is 33.2 Å². The molecule has 0 saturated carbocycles. The van der Waals surface area contributed by atoms with Gasteiger partial charge in [-0.15, -0.1) is 0 Å². The van der Waals surface area contributed by atoms with Gasteiger partial charge in [-0.05, 0) is 54.8 Å². The number of benzene rings is 2. The lowest BCUT2D eigenvalue weighted by Crippen LogP contribution is -2.08. The number of nitrogens with zero attached hydrogens (tertiary/aromatic N) is 1. The van der Waals surface area contributed by atoms with E-state index in [1.165, 1.54) is 0 Å². The van der Waals surface area contributed by atoms with Gasteiger partial charge in [0.25, 0.3) is 0 Å². The summed E-state index contributed by atoms with van der Waals surface area (Å²) in [5.74, 6) is -0.0270. The molecule has 6 heteroatoms. The second-order valence-corrected chi connectivity index (χ2v) is 7.91. The summed E-state index contributed by atoms with van der Waals surface area (Å²) in [6.45, 7) is 2.65. The summed E-state index contributed by atoms with van der Waals surface area (Å²) >= 11 is 0. The smallest absolute Gasteiger partial charge is 0.303 e. The van der Waals surface area contributed by atoms with E-state index in [2.05, 4.69) is 4.57 Å². The molecule has 5 nitrogen and oxygen atoms in total. The topological polar surface area (TPSA) is 68.5 Å². The second kappa shape index (κ2) is 7.96. The van der Waals surface area contributed by atoms with Gasteiger partial charge in [-0.25, -0.2) is 0 Å². The minimum Gasteiger partial charge on any atom is -0.497 e. The van der Waals surface area contributed by atoms with Crippen molar-refractivity contribution in [2.24, 2.45) is 0 Å². The van der Waals surface area contributed by atoms with Gasteiger partial charge >= 0.3 is 5.97 Å². The van der Waals surface area contributed by atoms with Gasteiger partial charge in [-0.2, -0.15) is 0 Å². The molecule has 1 heterocycles. The Morgan fingerprint density at radius 3 is 2.48 bits per heavy atom. The molecular formula is C21H23NO4S. The minimum absolute atomic E-state index is 0.0854. The minimum atomic E-state index is -1.00. The number of carboxylic acid groups (broad SMARTS) is 1. The van der Waals surface area contributed by atoms with E-state index in [4.69, 9.17) is 9.84 Å². The second-order valence-electron chi connectivity index (χ2n) is 6.53. The van der Waals surface area contributed by atoms with E-state index in [-0.39, 0.29) is 6.42 Å². The largest absolute Gasteiger partial charge is 0.497 e. The number of hydrogen-bond donors (Lipinski definition) is 1. The first kappa shape index (κ1) is 19.2. The summed E-state index contributed by atoms with van der Waals surface area (Å²) in [4.78, 5) is 11.9. The highest BCUT2D eigenvalue weighted by Crippen LogP contribution is 2.30. The molecule has 0 bridgehead atoms. The molecule has 0 aliphatic rings. The first-order valence-corrected chi connectivity index (χ1v) is 10.3. The third-order valence-corrected chi connectivity index (χ3v) is 5.76. The molecule has 0 amide bonds. The number of rotatable bonds is 7. The quantitative estimate of drug-likeness (QED) is 0.672. The highest BCUT2D eigenvalue weighted by Gasteiger charge is 2.16. The molecule has 1 unspecified atom stereocenters. The summed E-state index contributed by atoms with van der Waals surface area (Å²) in [6, 6.07) is 13.6. The van der Waals surface area contributed by atoms with E-state index in [1.54, 1.807) is 13.4 Å². The summed E-state index contributed by atoms with van der Waals surface area (Å²) in [6.07, 6.45) is 2.21. The number of carboxylic acids is 1. The highest BCUT2D eigenvalue weighted by molar-refractivity contribution is 7.84. The van der Waals surface area contributed by atoms with Crippen molar-refractivity contribution in [1.82, 2.24) is 4.57 Å². The molecule has 1 N–H and O–H groups in total. The molecule has 3 rings (SSSR count). The van der Waals surface area contributed by atoms with Crippen LogP contribution in [0.15, 0.2) is 47.4 Å². The number of ether oxygens (including phenoxy) is 1. The molecule has 3 aromatic rings. The van der Waals surface area contributed by atoms with E-state index < -0.39 is 16.8 Å². The number of aromatic nitrogens is 1. The van der Waals surface area contributed by atoms with Crippen LogP contribution in [0.5, 0.6) is 5.75 Å². The maximum atomic E-state index is 11.6. The van der Waals surface area contributed by atoms with E-state index in [0.29, 0.717) is 13.0 Å². The fraction of sp³-hybridized carbons (Fsp3) is 0.286. The molecule has 0 saturated heterocycles. The van der Waals surface area contributed by atoms with Crippen LogP contribution >= 0.6 is 0 Å². The van der Waals surface area contributed by atoms with E-state index in [0.717, 1.165) is 38.4 Å². The molecule has 1 aromatic heterocycles. The lowest BCUT2D eigenvalue weighted by Gasteiger charge is -2.12. The van der Waals surface area contributed by atoms with Crippen LogP contribution in [0.25, 0.3) is 10.9 Å². The zero-order valence-electron chi connectivity index (χ0n) is 15.7. The van der Waals surface area contributed by atoms with Crippen LogP contribution in [0.1, 0.15) is 23.2 Å². The van der Waals surface area contributed by atoms with Gasteiger partial charge in [-0.3, -0.25) is 9.00 Å². The van der Waals surface area contributed by atoms with Crippen molar-refractivity contribution in [3.63, 3.8) is 0 Å². The van der Waals surface area contributed by atoms with E-state index in [9.17, 15) is 9.00 Å². The van der Waals surface area contributed by atoms with Crippen LogP contribution in [0, 0.1) is 6.92 Å². The predicted molar refractivity (Wildman–Crippen MR) is 107 cm³/mol. The third-order valence-electron chi connectivity index (χ3n) is 4.83. The van der Waals surface area contributed by atoms with Crippen molar-refractivity contribution in [1.29, 1.82) is 0 Å². The first-order chi connectivity index (χ1) is 12.9. The normalized spacial score (nSPS) is 12.3. The summed E-state index contributed by atoms with van der Waals surface area (Å²) in [7, 11) is 0.633. The number of aliphatic carboxylic acids is 1. The molecular weight excluding hydrogens is 362 g/mol. The Labute approximate surface area is 161 Å². The Kier molecular flexibility index (Phi) is 5.65. The van der Waals surface area contributed by atoms with Crippen LogP contribution in [0.3, 0.4) is 0 Å². The Morgan fingerprint density at radius 1 is 1.19 bits per heavy atom.